The van der Waals surface area contributed by atoms with Crippen LogP contribution in [0.25, 0.3) is 10.9 Å². The number of nitrogens with zero attached hydrogens (tertiary/aromatic N) is 1. The number of aliphatic hydroxyl groups excluding tert-OH is 1. The van der Waals surface area contributed by atoms with E-state index in [-0.39, 0.29) is 12.4 Å². The highest BCUT2D eigenvalue weighted by molar-refractivity contribution is 6.07. The summed E-state index contributed by atoms with van der Waals surface area (Å²) in [7, 11) is 0. The zero-order chi connectivity index (χ0) is 14.9. The quantitative estimate of drug-likeness (QED) is 0.840. The number of aromatic hydroxyl groups is 1. The van der Waals surface area contributed by atoms with Gasteiger partial charge in [-0.1, -0.05) is 0 Å². The molecule has 2 N–H and O–H groups in total. The summed E-state index contributed by atoms with van der Waals surface area (Å²) < 4.78 is 6.98. The van der Waals surface area contributed by atoms with Crippen molar-refractivity contribution in [2.75, 3.05) is 13.2 Å². The smallest absolute Gasteiger partial charge is 0.340 e. The summed E-state index contributed by atoms with van der Waals surface area (Å²) in [6, 6.07) is 3.35. The first-order valence-electron chi connectivity index (χ1n) is 6.62. The van der Waals surface area contributed by atoms with E-state index in [1.165, 1.54) is 0 Å². The maximum absolute atomic E-state index is 12.2. The first-order chi connectivity index (χ1) is 9.52. The van der Waals surface area contributed by atoms with Gasteiger partial charge in [0, 0.05) is 28.7 Å². The molecule has 1 aromatic carbocycles. The molecule has 1 aromatic heterocycles. The fraction of sp³-hybridized carbons (Fsp3) is 0.400. The number of benzene rings is 1. The molecule has 0 unspecified atom stereocenters. The van der Waals surface area contributed by atoms with Gasteiger partial charge in [-0.05, 0) is 32.9 Å². The second kappa shape index (κ2) is 5.54. The monoisotopic (exact) mass is 277 g/mol. The molecule has 0 aliphatic rings. The lowest BCUT2D eigenvalue weighted by atomic mass is 10.1. The molecule has 108 valence electrons. The first kappa shape index (κ1) is 14.4. The van der Waals surface area contributed by atoms with Crippen molar-refractivity contribution in [1.82, 2.24) is 4.57 Å². The molecule has 5 heteroatoms. The third kappa shape index (κ3) is 2.14. The Hall–Kier alpha value is -2.01. The number of carbonyl (C=O) groups excluding carboxylic acids is 1. The number of aromatic nitrogens is 1. The Kier molecular flexibility index (Phi) is 3.99. The second-order valence-electron chi connectivity index (χ2n) is 4.66. The number of phenols is 1. The molecule has 0 amide bonds. The van der Waals surface area contributed by atoms with E-state index in [1.54, 1.807) is 26.0 Å². The molecule has 0 spiro atoms. The van der Waals surface area contributed by atoms with Crippen molar-refractivity contribution in [3.8, 4) is 5.75 Å². The molecule has 0 bridgehead atoms. The van der Waals surface area contributed by atoms with E-state index in [9.17, 15) is 15.0 Å². The number of fused-ring (bicyclic) bond motifs is 1. The third-order valence-electron chi connectivity index (χ3n) is 3.53. The molecule has 0 atom stereocenters. The first-order valence-corrected chi connectivity index (χ1v) is 6.62. The number of hydrogen-bond donors (Lipinski definition) is 2. The fourth-order valence-corrected chi connectivity index (χ4v) is 2.56. The van der Waals surface area contributed by atoms with Crippen molar-refractivity contribution in [2.24, 2.45) is 0 Å². The van der Waals surface area contributed by atoms with Crippen LogP contribution in [-0.4, -0.2) is 34.0 Å². The number of rotatable bonds is 4. The minimum Gasteiger partial charge on any atom is -0.508 e. The summed E-state index contributed by atoms with van der Waals surface area (Å²) in [5.74, 6) is -0.260. The van der Waals surface area contributed by atoms with Crippen LogP contribution in [0.15, 0.2) is 12.1 Å². The Bertz CT molecular complexity index is 658. The number of aliphatic hydroxyl groups is 1. The van der Waals surface area contributed by atoms with E-state index < -0.39 is 5.97 Å². The molecule has 0 aliphatic carbocycles. The average Bonchev–Trinajstić information content (AvgIpc) is 2.69. The Balaban J connectivity index is 2.80. The topological polar surface area (TPSA) is 71.7 Å². The average molecular weight is 277 g/mol. The van der Waals surface area contributed by atoms with Crippen LogP contribution in [0.5, 0.6) is 5.75 Å². The molecule has 0 radical (unpaired) electrons. The van der Waals surface area contributed by atoms with Gasteiger partial charge in [0.2, 0.25) is 0 Å². The lowest BCUT2D eigenvalue weighted by Gasteiger charge is -2.06. The van der Waals surface area contributed by atoms with Gasteiger partial charge in [0.1, 0.15) is 5.75 Å². The predicted molar refractivity (Wildman–Crippen MR) is 76.1 cm³/mol. The van der Waals surface area contributed by atoms with Gasteiger partial charge in [-0.25, -0.2) is 4.79 Å². The number of esters is 1. The molecule has 0 saturated heterocycles. The van der Waals surface area contributed by atoms with Crippen LogP contribution < -0.4 is 0 Å². The lowest BCUT2D eigenvalue weighted by Crippen LogP contribution is -2.08. The van der Waals surface area contributed by atoms with Crippen molar-refractivity contribution in [2.45, 2.75) is 27.3 Å². The van der Waals surface area contributed by atoms with Crippen molar-refractivity contribution in [3.05, 3.63) is 29.0 Å². The van der Waals surface area contributed by atoms with Crippen LogP contribution >= 0.6 is 0 Å². The lowest BCUT2D eigenvalue weighted by molar-refractivity contribution is 0.0527. The highest BCUT2D eigenvalue weighted by Gasteiger charge is 2.23. The van der Waals surface area contributed by atoms with Crippen LogP contribution in [0, 0.1) is 13.8 Å². The van der Waals surface area contributed by atoms with Crippen molar-refractivity contribution >= 4 is 16.9 Å². The predicted octanol–water partition coefficient (Wildman–Crippen LogP) is 2.13. The normalized spacial score (nSPS) is 11.0. The minimum atomic E-state index is -0.402. The van der Waals surface area contributed by atoms with Crippen LogP contribution in [0.2, 0.25) is 0 Å². The number of carbonyl (C=O) groups is 1. The zero-order valence-corrected chi connectivity index (χ0v) is 11.9. The molecule has 0 aliphatic heterocycles. The number of phenolic OH excluding ortho intramolecular Hbond substituents is 1. The Labute approximate surface area is 117 Å². The van der Waals surface area contributed by atoms with Gasteiger partial charge in [-0.15, -0.1) is 0 Å². The molecule has 2 aromatic rings. The molecule has 5 nitrogen and oxygen atoms in total. The van der Waals surface area contributed by atoms with E-state index in [4.69, 9.17) is 4.74 Å². The van der Waals surface area contributed by atoms with Crippen molar-refractivity contribution < 1.29 is 19.7 Å². The maximum atomic E-state index is 12.2. The standard InChI is InChI=1S/C15H19NO4/c1-4-20-15(19)14-10(3)16(7-8-17)11-5-6-12(18)9(2)13(11)14/h5-6,17-18H,4,7-8H2,1-3H3. The van der Waals surface area contributed by atoms with Crippen LogP contribution in [0.4, 0.5) is 0 Å². The van der Waals surface area contributed by atoms with Gasteiger partial charge in [0.05, 0.1) is 18.8 Å². The van der Waals surface area contributed by atoms with Crippen LogP contribution in [-0.2, 0) is 11.3 Å². The summed E-state index contributed by atoms with van der Waals surface area (Å²) in [4.78, 5) is 12.2. The summed E-state index contributed by atoms with van der Waals surface area (Å²) >= 11 is 0. The second-order valence-corrected chi connectivity index (χ2v) is 4.66. The Morgan fingerprint density at radius 2 is 2.05 bits per heavy atom. The van der Waals surface area contributed by atoms with E-state index in [0.717, 1.165) is 11.2 Å². The fourth-order valence-electron chi connectivity index (χ4n) is 2.56. The van der Waals surface area contributed by atoms with E-state index in [1.807, 2.05) is 11.5 Å². The zero-order valence-electron chi connectivity index (χ0n) is 11.9. The SMILES string of the molecule is CCOC(=O)c1c(C)n(CCO)c2ccc(O)c(C)c12. The summed E-state index contributed by atoms with van der Waals surface area (Å²) in [6.07, 6.45) is 0. The van der Waals surface area contributed by atoms with Gasteiger partial charge in [0.25, 0.3) is 0 Å². The molecule has 2 rings (SSSR count). The van der Waals surface area contributed by atoms with E-state index >= 15 is 0 Å². The largest absolute Gasteiger partial charge is 0.508 e. The van der Waals surface area contributed by atoms with Crippen molar-refractivity contribution in [1.29, 1.82) is 0 Å². The summed E-state index contributed by atoms with van der Waals surface area (Å²) in [6.45, 7) is 6.01. The van der Waals surface area contributed by atoms with Crippen LogP contribution in [0.3, 0.4) is 0 Å². The Morgan fingerprint density at radius 1 is 1.35 bits per heavy atom. The van der Waals surface area contributed by atoms with Crippen LogP contribution in [0.1, 0.15) is 28.5 Å². The van der Waals surface area contributed by atoms with Gasteiger partial charge < -0.3 is 19.5 Å². The van der Waals surface area contributed by atoms with Gasteiger partial charge in [0.15, 0.2) is 0 Å². The van der Waals surface area contributed by atoms with E-state index in [0.29, 0.717) is 29.7 Å². The van der Waals surface area contributed by atoms with Gasteiger partial charge in [-0.3, -0.25) is 0 Å². The molecular formula is C15H19NO4. The van der Waals surface area contributed by atoms with Crippen molar-refractivity contribution in [3.63, 3.8) is 0 Å². The summed E-state index contributed by atoms with van der Waals surface area (Å²) in [5.41, 5.74) is 2.66. The molecule has 0 saturated carbocycles. The van der Waals surface area contributed by atoms with Gasteiger partial charge >= 0.3 is 5.97 Å². The molecule has 20 heavy (non-hydrogen) atoms. The highest BCUT2D eigenvalue weighted by Crippen LogP contribution is 2.33. The molecular weight excluding hydrogens is 258 g/mol. The Morgan fingerprint density at radius 3 is 2.65 bits per heavy atom. The van der Waals surface area contributed by atoms with E-state index in [2.05, 4.69) is 0 Å². The molecule has 0 fully saturated rings. The number of ether oxygens (including phenoxy) is 1. The maximum Gasteiger partial charge on any atom is 0.340 e. The summed E-state index contributed by atoms with van der Waals surface area (Å²) in [5, 5.41) is 19.8. The number of aryl methyl sites for hydroxylation is 1. The number of hydrogen-bond acceptors (Lipinski definition) is 4. The highest BCUT2D eigenvalue weighted by atomic mass is 16.5. The van der Waals surface area contributed by atoms with Gasteiger partial charge in [-0.2, -0.15) is 0 Å². The minimum absolute atomic E-state index is 0.0210. The molecule has 1 heterocycles. The third-order valence-corrected chi connectivity index (χ3v) is 3.53.